The molecule has 4 aromatic rings. The van der Waals surface area contributed by atoms with Crippen LogP contribution in [0.3, 0.4) is 0 Å². The van der Waals surface area contributed by atoms with Crippen LogP contribution < -0.4 is 47.3 Å². The van der Waals surface area contributed by atoms with Gasteiger partial charge in [0.25, 0.3) is 13.1 Å². The Morgan fingerprint density at radius 3 is 0.588 bits per heavy atom. The summed E-state index contributed by atoms with van der Waals surface area (Å²) in [7, 11) is 0. The van der Waals surface area contributed by atoms with Crippen LogP contribution in [0.1, 0.15) is 44.5 Å². The SMILES string of the molecule is Cc1cc(C)c[c]([Al-]([c]2cc(C)cc(C)c2)([c]2cc(C)cc(C)c2)[c]2cc(C)cc(C)c2)c1.[Na+]. The van der Waals surface area contributed by atoms with Gasteiger partial charge in [-0.1, -0.05) is 68.8 Å². The Balaban J connectivity index is 0.00000324. The smallest absolute Gasteiger partial charge is 0.217 e. The minimum atomic E-state index is -2.98. The van der Waals surface area contributed by atoms with E-state index < -0.39 is 13.1 Å². The molecular formula is C32H36AlNa. The molecule has 0 N–H and O–H groups in total. The molecule has 0 bridgehead atoms. The van der Waals surface area contributed by atoms with Crippen LogP contribution in [0.5, 0.6) is 0 Å². The fourth-order valence-corrected chi connectivity index (χ4v) is 12.6. The molecule has 0 atom stereocenters. The zero-order chi connectivity index (χ0) is 23.9. The predicted octanol–water partition coefficient (Wildman–Crippen LogP) is 2.54. The average Bonchev–Trinajstić information content (AvgIpc) is 2.65. The van der Waals surface area contributed by atoms with Gasteiger partial charge >= 0.3 is 29.6 Å². The molecule has 0 spiro atoms. The molecule has 0 aromatic heterocycles. The molecule has 0 nitrogen and oxygen atoms in total. The van der Waals surface area contributed by atoms with Crippen LogP contribution in [-0.4, -0.2) is 13.1 Å². The van der Waals surface area contributed by atoms with Crippen LogP contribution in [0, 0.1) is 55.4 Å². The van der Waals surface area contributed by atoms with Gasteiger partial charge in [0.05, 0.1) is 0 Å². The fourth-order valence-electron chi connectivity index (χ4n) is 6.19. The van der Waals surface area contributed by atoms with Crippen molar-refractivity contribution >= 4 is 30.8 Å². The molecule has 168 valence electrons. The number of rotatable bonds is 4. The third kappa shape index (κ3) is 5.31. The summed E-state index contributed by atoms with van der Waals surface area (Å²) in [6.07, 6.45) is 0. The maximum Gasteiger partial charge on any atom is 1.00 e. The van der Waals surface area contributed by atoms with Gasteiger partial charge in [0.2, 0.25) is 0 Å². The predicted molar refractivity (Wildman–Crippen MR) is 148 cm³/mol. The van der Waals surface area contributed by atoms with E-state index in [4.69, 9.17) is 0 Å². The van der Waals surface area contributed by atoms with E-state index in [0.717, 1.165) is 0 Å². The average molecular weight is 471 g/mol. The van der Waals surface area contributed by atoms with Crippen LogP contribution in [0.2, 0.25) is 0 Å². The Hall–Kier alpha value is -1.59. The molecule has 0 amide bonds. The first-order valence-electron chi connectivity index (χ1n) is 12.1. The van der Waals surface area contributed by atoms with Crippen molar-refractivity contribution in [2.45, 2.75) is 55.4 Å². The van der Waals surface area contributed by atoms with Crippen LogP contribution >= 0.6 is 0 Å². The van der Waals surface area contributed by atoms with Crippen molar-refractivity contribution in [1.29, 1.82) is 0 Å². The van der Waals surface area contributed by atoms with Gasteiger partial charge in [-0.2, -0.15) is 0 Å². The van der Waals surface area contributed by atoms with Gasteiger partial charge in [-0.15, -0.1) is 48.5 Å². The van der Waals surface area contributed by atoms with Gasteiger partial charge in [0.1, 0.15) is 0 Å². The second-order valence-electron chi connectivity index (χ2n) is 10.6. The van der Waals surface area contributed by atoms with Gasteiger partial charge in [0, 0.05) is 0 Å². The van der Waals surface area contributed by atoms with E-state index >= 15 is 0 Å². The van der Waals surface area contributed by atoms with Crippen molar-refractivity contribution in [2.24, 2.45) is 0 Å². The van der Waals surface area contributed by atoms with Crippen molar-refractivity contribution in [3.8, 4) is 0 Å². The van der Waals surface area contributed by atoms with E-state index in [1.165, 1.54) is 62.2 Å². The molecule has 0 heterocycles. The second-order valence-corrected chi connectivity index (χ2v) is 14.9. The number of hydrogen-bond donors (Lipinski definition) is 0. The molecule has 4 aromatic carbocycles. The maximum absolute atomic E-state index is 2.98. The third-order valence-electron chi connectivity index (χ3n) is 6.98. The molecule has 2 heteroatoms. The summed E-state index contributed by atoms with van der Waals surface area (Å²) in [5, 5.41) is 0. The molecule has 0 aliphatic rings. The zero-order valence-electron chi connectivity index (χ0n) is 22.5. The monoisotopic (exact) mass is 470 g/mol. The normalized spacial score (nSPS) is 11.3. The Morgan fingerprint density at radius 1 is 0.294 bits per heavy atom. The zero-order valence-corrected chi connectivity index (χ0v) is 25.7. The second kappa shape index (κ2) is 10.6. The maximum atomic E-state index is 2.46. The first kappa shape index (κ1) is 27.0. The summed E-state index contributed by atoms with van der Waals surface area (Å²) in [6.45, 7) is 17.9. The van der Waals surface area contributed by atoms with E-state index in [1.54, 1.807) is 0 Å². The summed E-state index contributed by atoms with van der Waals surface area (Å²) in [5.74, 6) is 0. The Morgan fingerprint density at radius 2 is 0.441 bits per heavy atom. The minimum absolute atomic E-state index is 0. The Bertz CT molecular complexity index is 1060. The first-order valence-corrected chi connectivity index (χ1v) is 14.4. The van der Waals surface area contributed by atoms with Gasteiger partial charge in [-0.05, 0) is 55.4 Å². The summed E-state index contributed by atoms with van der Waals surface area (Å²) >= 11 is -2.98. The van der Waals surface area contributed by atoms with E-state index in [9.17, 15) is 0 Å². The van der Waals surface area contributed by atoms with Crippen LogP contribution in [0.4, 0.5) is 0 Å². The standard InChI is InChI=1S/4C8H9.Al.Na/c4*1-7-4-3-5-8(2)6-7;;/h4*4-6H,1-2H3;;/q;;;;-1;+1. The topological polar surface area (TPSA) is 0 Å². The van der Waals surface area contributed by atoms with Crippen LogP contribution in [0.25, 0.3) is 0 Å². The summed E-state index contributed by atoms with van der Waals surface area (Å²) in [4.78, 5) is 0. The third-order valence-corrected chi connectivity index (χ3v) is 12.3. The van der Waals surface area contributed by atoms with E-state index in [-0.39, 0.29) is 29.6 Å². The Labute approximate surface area is 231 Å². The molecule has 0 unspecified atom stereocenters. The summed E-state index contributed by atoms with van der Waals surface area (Å²) in [6, 6.07) is 28.9. The van der Waals surface area contributed by atoms with Crippen molar-refractivity contribution < 1.29 is 29.6 Å². The van der Waals surface area contributed by atoms with Crippen LogP contribution in [-0.2, 0) is 0 Å². The molecule has 0 fully saturated rings. The summed E-state index contributed by atoms with van der Waals surface area (Å²) in [5.41, 5.74) is 10.7. The summed E-state index contributed by atoms with van der Waals surface area (Å²) < 4.78 is 6.00. The van der Waals surface area contributed by atoms with Gasteiger partial charge in [-0.3, -0.25) is 0 Å². The largest absolute Gasteiger partial charge is 1.00 e. The number of hydrogen-bond acceptors (Lipinski definition) is 0. The molecule has 0 saturated carbocycles. The van der Waals surface area contributed by atoms with Gasteiger partial charge < -0.3 is 0 Å². The van der Waals surface area contributed by atoms with Gasteiger partial charge in [0.15, 0.2) is 0 Å². The number of benzene rings is 4. The van der Waals surface area contributed by atoms with Crippen molar-refractivity contribution in [2.75, 3.05) is 0 Å². The van der Waals surface area contributed by atoms with Gasteiger partial charge in [-0.25, -0.2) is 17.7 Å². The Kier molecular flexibility index (Phi) is 8.40. The van der Waals surface area contributed by atoms with E-state index in [0.29, 0.717) is 0 Å². The van der Waals surface area contributed by atoms with Crippen molar-refractivity contribution in [1.82, 2.24) is 0 Å². The molecular weight excluding hydrogens is 434 g/mol. The molecule has 4 rings (SSSR count). The van der Waals surface area contributed by atoms with Crippen molar-refractivity contribution in [3.63, 3.8) is 0 Å². The molecule has 0 radical (unpaired) electrons. The fraction of sp³-hybridized carbons (Fsp3) is 0.250. The minimum Gasteiger partial charge on any atom is -0.217 e. The van der Waals surface area contributed by atoms with E-state index in [1.807, 2.05) is 0 Å². The van der Waals surface area contributed by atoms with Crippen molar-refractivity contribution in [3.05, 3.63) is 117 Å². The van der Waals surface area contributed by atoms with Crippen LogP contribution in [0.15, 0.2) is 72.8 Å². The number of aryl methyl sites for hydroxylation is 8. The molecule has 34 heavy (non-hydrogen) atoms. The molecule has 0 saturated heterocycles. The first-order chi connectivity index (χ1) is 15.6. The molecule has 0 aliphatic heterocycles. The van der Waals surface area contributed by atoms with E-state index in [2.05, 4.69) is 128 Å². The molecule has 0 aliphatic carbocycles. The quantitative estimate of drug-likeness (QED) is 0.402.